The second-order valence-electron chi connectivity index (χ2n) is 4.35. The number of methoxy groups -OCH3 is 1. The molecule has 1 aliphatic rings. The largest absolute Gasteiger partial charge is 0.493 e. The van der Waals surface area contributed by atoms with Crippen LogP contribution in [0.3, 0.4) is 0 Å². The van der Waals surface area contributed by atoms with E-state index in [0.29, 0.717) is 11.6 Å². The highest BCUT2D eigenvalue weighted by Gasteiger charge is 2.16. The molecule has 2 rings (SSSR count). The van der Waals surface area contributed by atoms with E-state index in [9.17, 15) is 4.79 Å². The number of nitrogens with zero attached hydrogens (tertiary/aromatic N) is 2. The standard InChI is InChI=1S/C13H19N3O2/c1-18-11-6-5-7-14-13(11)15-10-12(17)16-8-3-2-4-9-16/h5-7H,2-4,8-10H2,1H3,(H,14,15). The Kier molecular flexibility index (Phi) is 4.39. The van der Waals surface area contributed by atoms with E-state index in [-0.39, 0.29) is 12.5 Å². The van der Waals surface area contributed by atoms with E-state index in [1.807, 2.05) is 11.0 Å². The summed E-state index contributed by atoms with van der Waals surface area (Å²) >= 11 is 0. The van der Waals surface area contributed by atoms with E-state index in [1.165, 1.54) is 6.42 Å². The van der Waals surface area contributed by atoms with E-state index >= 15 is 0 Å². The molecule has 0 bridgehead atoms. The number of carbonyl (C=O) groups is 1. The van der Waals surface area contributed by atoms with Crippen LogP contribution in [0.1, 0.15) is 19.3 Å². The van der Waals surface area contributed by atoms with Crippen molar-refractivity contribution >= 4 is 11.7 Å². The molecule has 98 valence electrons. The topological polar surface area (TPSA) is 54.5 Å². The minimum atomic E-state index is 0.127. The molecule has 1 N–H and O–H groups in total. The second-order valence-corrected chi connectivity index (χ2v) is 4.35. The highest BCUT2D eigenvalue weighted by Crippen LogP contribution is 2.19. The monoisotopic (exact) mass is 249 g/mol. The number of aromatic nitrogens is 1. The maximum Gasteiger partial charge on any atom is 0.241 e. The van der Waals surface area contributed by atoms with Crippen molar-refractivity contribution in [3.05, 3.63) is 18.3 Å². The van der Waals surface area contributed by atoms with E-state index in [2.05, 4.69) is 10.3 Å². The van der Waals surface area contributed by atoms with Gasteiger partial charge in [-0.2, -0.15) is 0 Å². The normalized spacial score (nSPS) is 15.3. The first-order valence-corrected chi connectivity index (χ1v) is 6.32. The number of amides is 1. The zero-order chi connectivity index (χ0) is 12.8. The third-order valence-corrected chi connectivity index (χ3v) is 3.11. The number of ether oxygens (including phenoxy) is 1. The van der Waals surface area contributed by atoms with Crippen molar-refractivity contribution in [3.63, 3.8) is 0 Å². The van der Waals surface area contributed by atoms with Crippen molar-refractivity contribution in [3.8, 4) is 5.75 Å². The van der Waals surface area contributed by atoms with Crippen LogP contribution < -0.4 is 10.1 Å². The van der Waals surface area contributed by atoms with Crippen molar-refractivity contribution in [2.24, 2.45) is 0 Å². The molecule has 0 aliphatic carbocycles. The predicted octanol–water partition coefficient (Wildman–Crippen LogP) is 1.51. The Morgan fingerprint density at radius 1 is 1.44 bits per heavy atom. The van der Waals surface area contributed by atoms with Gasteiger partial charge < -0.3 is 15.0 Å². The second kappa shape index (κ2) is 6.23. The summed E-state index contributed by atoms with van der Waals surface area (Å²) in [6.07, 6.45) is 5.12. The quantitative estimate of drug-likeness (QED) is 0.879. The minimum absolute atomic E-state index is 0.127. The smallest absolute Gasteiger partial charge is 0.241 e. The minimum Gasteiger partial charge on any atom is -0.493 e. The van der Waals surface area contributed by atoms with Gasteiger partial charge in [0.1, 0.15) is 0 Å². The van der Waals surface area contributed by atoms with Crippen LogP contribution >= 0.6 is 0 Å². The van der Waals surface area contributed by atoms with Crippen LogP contribution in [0.2, 0.25) is 0 Å². The van der Waals surface area contributed by atoms with E-state index in [0.717, 1.165) is 25.9 Å². The third-order valence-electron chi connectivity index (χ3n) is 3.11. The molecule has 18 heavy (non-hydrogen) atoms. The zero-order valence-electron chi connectivity index (χ0n) is 10.7. The number of anilines is 1. The van der Waals surface area contributed by atoms with E-state index < -0.39 is 0 Å². The van der Waals surface area contributed by atoms with Gasteiger partial charge in [0.05, 0.1) is 13.7 Å². The summed E-state index contributed by atoms with van der Waals surface area (Å²) < 4.78 is 5.17. The number of hydrogen-bond donors (Lipinski definition) is 1. The van der Waals surface area contributed by atoms with Crippen LogP contribution in [0.5, 0.6) is 5.75 Å². The summed E-state index contributed by atoms with van der Waals surface area (Å²) in [5, 5.41) is 3.03. The average molecular weight is 249 g/mol. The first kappa shape index (κ1) is 12.7. The summed E-state index contributed by atoms with van der Waals surface area (Å²) in [5.41, 5.74) is 0. The number of hydrogen-bond acceptors (Lipinski definition) is 4. The summed E-state index contributed by atoms with van der Waals surface area (Å²) in [7, 11) is 1.59. The molecule has 0 saturated carbocycles. The maximum absolute atomic E-state index is 12.0. The van der Waals surface area contributed by atoms with Crippen LogP contribution in [0, 0.1) is 0 Å². The Labute approximate surface area is 107 Å². The van der Waals surface area contributed by atoms with Crippen molar-refractivity contribution in [2.45, 2.75) is 19.3 Å². The first-order valence-electron chi connectivity index (χ1n) is 6.32. The number of piperidine rings is 1. The van der Waals surface area contributed by atoms with Gasteiger partial charge in [-0.3, -0.25) is 4.79 Å². The Morgan fingerprint density at radius 3 is 2.94 bits per heavy atom. The number of nitrogens with one attached hydrogen (secondary N) is 1. The lowest BCUT2D eigenvalue weighted by molar-refractivity contribution is -0.130. The van der Waals surface area contributed by atoms with Crippen LogP contribution in [-0.2, 0) is 4.79 Å². The SMILES string of the molecule is COc1cccnc1NCC(=O)N1CCCCC1. The molecule has 0 radical (unpaired) electrons. The number of rotatable bonds is 4. The molecule has 1 aromatic rings. The van der Waals surface area contributed by atoms with Gasteiger partial charge in [0.15, 0.2) is 11.6 Å². The summed E-state index contributed by atoms with van der Waals surface area (Å²) in [6.45, 7) is 2.02. The number of pyridine rings is 1. The lowest BCUT2D eigenvalue weighted by Gasteiger charge is -2.26. The lowest BCUT2D eigenvalue weighted by Crippen LogP contribution is -2.39. The Bertz CT molecular complexity index is 403. The zero-order valence-corrected chi connectivity index (χ0v) is 10.7. The fourth-order valence-corrected chi connectivity index (χ4v) is 2.10. The molecule has 1 fully saturated rings. The molecule has 0 unspecified atom stereocenters. The van der Waals surface area contributed by atoms with Gasteiger partial charge in [-0.1, -0.05) is 0 Å². The van der Waals surface area contributed by atoms with Crippen molar-refractivity contribution < 1.29 is 9.53 Å². The molecule has 1 aromatic heterocycles. The highest BCUT2D eigenvalue weighted by molar-refractivity contribution is 5.81. The summed E-state index contributed by atoms with van der Waals surface area (Å²) in [4.78, 5) is 18.0. The van der Waals surface area contributed by atoms with Gasteiger partial charge in [0.2, 0.25) is 5.91 Å². The highest BCUT2D eigenvalue weighted by atomic mass is 16.5. The molecule has 0 spiro atoms. The van der Waals surface area contributed by atoms with Crippen LogP contribution in [-0.4, -0.2) is 42.5 Å². The maximum atomic E-state index is 12.0. The fourth-order valence-electron chi connectivity index (χ4n) is 2.10. The average Bonchev–Trinajstić information content (AvgIpc) is 2.46. The lowest BCUT2D eigenvalue weighted by atomic mass is 10.1. The van der Waals surface area contributed by atoms with Gasteiger partial charge in [0, 0.05) is 19.3 Å². The molecule has 2 heterocycles. The molecule has 1 aliphatic heterocycles. The Morgan fingerprint density at radius 2 is 2.22 bits per heavy atom. The Hall–Kier alpha value is -1.78. The summed E-state index contributed by atoms with van der Waals surface area (Å²) in [6, 6.07) is 3.62. The van der Waals surface area contributed by atoms with E-state index in [1.54, 1.807) is 19.4 Å². The van der Waals surface area contributed by atoms with Gasteiger partial charge >= 0.3 is 0 Å². The molecular weight excluding hydrogens is 230 g/mol. The first-order chi connectivity index (χ1) is 8.81. The molecule has 5 heteroatoms. The molecular formula is C13H19N3O2. The van der Waals surface area contributed by atoms with Gasteiger partial charge in [-0.15, -0.1) is 0 Å². The third kappa shape index (κ3) is 3.12. The van der Waals surface area contributed by atoms with Gasteiger partial charge in [-0.25, -0.2) is 4.98 Å². The van der Waals surface area contributed by atoms with Crippen LogP contribution in [0.25, 0.3) is 0 Å². The molecule has 5 nitrogen and oxygen atoms in total. The number of carbonyl (C=O) groups excluding carboxylic acids is 1. The van der Waals surface area contributed by atoms with E-state index in [4.69, 9.17) is 4.74 Å². The predicted molar refractivity (Wildman–Crippen MR) is 69.7 cm³/mol. The van der Waals surface area contributed by atoms with Crippen molar-refractivity contribution in [1.29, 1.82) is 0 Å². The number of likely N-dealkylation sites (tertiary alicyclic amines) is 1. The summed E-state index contributed by atoms with van der Waals surface area (Å²) in [5.74, 6) is 1.40. The molecule has 0 aromatic carbocycles. The van der Waals surface area contributed by atoms with Crippen molar-refractivity contribution in [2.75, 3.05) is 32.1 Å². The molecule has 1 saturated heterocycles. The Balaban J connectivity index is 1.88. The molecule has 0 atom stereocenters. The van der Waals surface area contributed by atoms with Crippen LogP contribution in [0.15, 0.2) is 18.3 Å². The fraction of sp³-hybridized carbons (Fsp3) is 0.538. The van der Waals surface area contributed by atoms with Crippen LogP contribution in [0.4, 0.5) is 5.82 Å². The van der Waals surface area contributed by atoms with Crippen molar-refractivity contribution in [1.82, 2.24) is 9.88 Å². The van der Waals surface area contributed by atoms with Gasteiger partial charge in [-0.05, 0) is 31.4 Å². The molecule has 1 amide bonds. The van der Waals surface area contributed by atoms with Gasteiger partial charge in [0.25, 0.3) is 0 Å².